The Kier molecular flexibility index (Phi) is 5.83. The number of aryl methyl sites for hydroxylation is 1. The lowest BCUT2D eigenvalue weighted by Crippen LogP contribution is -2.41. The number of nitrogens with one attached hydrogen (secondary N) is 1. The minimum Gasteiger partial charge on any atom is -0.444 e. The summed E-state index contributed by atoms with van der Waals surface area (Å²) in [6, 6.07) is 1.53. The Hall–Kier alpha value is -1.80. The molecule has 27 heavy (non-hydrogen) atoms. The lowest BCUT2D eigenvalue weighted by Gasteiger charge is -2.32. The van der Waals surface area contributed by atoms with E-state index in [-0.39, 0.29) is 12.1 Å². The first-order valence-corrected chi connectivity index (χ1v) is 9.21. The molecular formula is C19H31BN2O5. The zero-order valence-electron chi connectivity index (χ0n) is 17.6. The van der Waals surface area contributed by atoms with Crippen molar-refractivity contribution >= 4 is 13.2 Å². The molecule has 0 aromatic carbocycles. The minimum atomic E-state index is -0.581. The summed E-state index contributed by atoms with van der Waals surface area (Å²) in [5.74, 6) is 0. The molecule has 1 N–H and O–H groups in total. The van der Waals surface area contributed by atoms with Crippen molar-refractivity contribution in [3.05, 3.63) is 33.7 Å². The van der Waals surface area contributed by atoms with Crippen LogP contribution in [0.2, 0.25) is 0 Å². The van der Waals surface area contributed by atoms with E-state index in [1.54, 1.807) is 34.0 Å². The number of hydrogen-bond donors (Lipinski definition) is 1. The third-order valence-corrected chi connectivity index (χ3v) is 4.92. The number of carbonyl (C=O) groups is 1. The second kappa shape index (κ2) is 7.32. The highest BCUT2D eigenvalue weighted by molar-refractivity contribution is 6.45. The molecule has 1 aromatic heterocycles. The van der Waals surface area contributed by atoms with E-state index in [2.05, 4.69) is 5.32 Å². The fraction of sp³-hybridized carbons (Fsp3) is 0.684. The van der Waals surface area contributed by atoms with Gasteiger partial charge < -0.3 is 23.9 Å². The molecule has 2 heterocycles. The van der Waals surface area contributed by atoms with Crippen LogP contribution in [-0.4, -0.2) is 34.6 Å². The first-order valence-electron chi connectivity index (χ1n) is 9.21. The Morgan fingerprint density at radius 1 is 1.19 bits per heavy atom. The van der Waals surface area contributed by atoms with E-state index >= 15 is 0 Å². The van der Waals surface area contributed by atoms with Crippen LogP contribution in [0.3, 0.4) is 0 Å². The highest BCUT2D eigenvalue weighted by Gasteiger charge is 2.50. The van der Waals surface area contributed by atoms with Crippen LogP contribution >= 0.6 is 0 Å². The summed E-state index contributed by atoms with van der Waals surface area (Å²) >= 11 is 0. The van der Waals surface area contributed by atoms with Gasteiger partial charge in [0.1, 0.15) is 5.60 Å². The van der Waals surface area contributed by atoms with E-state index in [4.69, 9.17) is 14.0 Å². The molecule has 150 valence electrons. The van der Waals surface area contributed by atoms with Crippen molar-refractivity contribution in [2.45, 2.75) is 78.1 Å². The van der Waals surface area contributed by atoms with E-state index in [0.717, 1.165) is 11.1 Å². The molecule has 0 atom stereocenters. The topological polar surface area (TPSA) is 78.8 Å². The van der Waals surface area contributed by atoms with Crippen molar-refractivity contribution < 1.29 is 18.8 Å². The second-order valence-corrected chi connectivity index (χ2v) is 9.02. The molecule has 2 rings (SSSR count). The van der Waals surface area contributed by atoms with E-state index in [1.165, 1.54) is 10.6 Å². The van der Waals surface area contributed by atoms with Crippen molar-refractivity contribution in [1.82, 2.24) is 9.88 Å². The molecule has 0 radical (unpaired) electrons. The predicted octanol–water partition coefficient (Wildman–Crippen LogP) is 2.58. The van der Waals surface area contributed by atoms with Gasteiger partial charge in [-0.25, -0.2) is 4.79 Å². The van der Waals surface area contributed by atoms with Gasteiger partial charge in [0.05, 0.1) is 11.2 Å². The Bertz CT molecular complexity index is 748. The Morgan fingerprint density at radius 3 is 2.26 bits per heavy atom. The number of hydrogen-bond acceptors (Lipinski definition) is 5. The quantitative estimate of drug-likeness (QED) is 0.815. The minimum absolute atomic E-state index is 0.145. The number of rotatable bonds is 4. The molecule has 1 aliphatic heterocycles. The number of nitrogens with zero attached hydrogens (tertiary/aromatic N) is 1. The Balaban J connectivity index is 2.16. The summed E-state index contributed by atoms with van der Waals surface area (Å²) in [5, 5.41) is 2.71. The summed E-state index contributed by atoms with van der Waals surface area (Å²) in [5.41, 5.74) is 0.0298. The Morgan fingerprint density at radius 2 is 1.74 bits per heavy atom. The molecule has 1 saturated heterocycles. The van der Waals surface area contributed by atoms with Gasteiger partial charge in [0.15, 0.2) is 0 Å². The number of ether oxygens (including phenoxy) is 1. The fourth-order valence-electron chi connectivity index (χ4n) is 2.78. The van der Waals surface area contributed by atoms with Crippen LogP contribution < -0.4 is 10.9 Å². The number of alkyl carbamates (subject to hydrolysis) is 1. The molecule has 0 aliphatic carbocycles. The average Bonchev–Trinajstić information content (AvgIpc) is 2.66. The van der Waals surface area contributed by atoms with Gasteiger partial charge in [-0.05, 0) is 59.6 Å². The number of carbonyl (C=O) groups excluding carboxylic acids is 1. The molecular weight excluding hydrogens is 347 g/mol. The number of aromatic nitrogens is 1. The van der Waals surface area contributed by atoms with Crippen LogP contribution in [0.4, 0.5) is 4.79 Å². The van der Waals surface area contributed by atoms with Crippen molar-refractivity contribution in [3.63, 3.8) is 0 Å². The summed E-state index contributed by atoms with van der Waals surface area (Å²) in [4.78, 5) is 24.0. The summed E-state index contributed by atoms with van der Waals surface area (Å²) in [6.07, 6.45) is 1.72. The maximum atomic E-state index is 12.1. The lowest BCUT2D eigenvalue weighted by molar-refractivity contribution is 0.00578. The van der Waals surface area contributed by atoms with Gasteiger partial charge >= 0.3 is 13.2 Å². The van der Waals surface area contributed by atoms with Crippen LogP contribution in [0.5, 0.6) is 0 Å². The molecule has 1 amide bonds. The van der Waals surface area contributed by atoms with Gasteiger partial charge in [-0.15, -0.1) is 0 Å². The summed E-state index contributed by atoms with van der Waals surface area (Å²) < 4.78 is 18.9. The van der Waals surface area contributed by atoms with Crippen molar-refractivity contribution in [2.75, 3.05) is 0 Å². The predicted molar refractivity (Wildman–Crippen MR) is 105 cm³/mol. The van der Waals surface area contributed by atoms with Gasteiger partial charge in [-0.3, -0.25) is 4.79 Å². The van der Waals surface area contributed by atoms with Gasteiger partial charge in [0, 0.05) is 32.2 Å². The SMILES string of the molecule is Cn1cc(CB2OC(C)(C)C(C)(C)O2)c(CNC(=O)OC(C)(C)C)cc1=O. The molecule has 0 saturated carbocycles. The highest BCUT2D eigenvalue weighted by Crippen LogP contribution is 2.37. The monoisotopic (exact) mass is 378 g/mol. The Labute approximate surface area is 161 Å². The van der Waals surface area contributed by atoms with E-state index in [1.807, 2.05) is 27.7 Å². The maximum Gasteiger partial charge on any atom is 0.462 e. The maximum absolute atomic E-state index is 12.1. The van der Waals surface area contributed by atoms with Gasteiger partial charge in [0.25, 0.3) is 5.56 Å². The summed E-state index contributed by atoms with van der Waals surface area (Å²) in [7, 11) is 1.27. The van der Waals surface area contributed by atoms with Crippen molar-refractivity contribution in [1.29, 1.82) is 0 Å². The number of pyridine rings is 1. The number of amides is 1. The molecule has 0 unspecified atom stereocenters. The standard InChI is InChI=1S/C19H31BN2O5/c1-17(2,3)25-16(24)21-11-13-9-15(23)22(8)12-14(13)10-20-26-18(4,5)19(6,7)27-20/h9,12H,10-11H2,1-8H3,(H,21,24). The summed E-state index contributed by atoms with van der Waals surface area (Å²) in [6.45, 7) is 13.6. The van der Waals surface area contributed by atoms with Crippen LogP contribution in [0.15, 0.2) is 17.1 Å². The fourth-order valence-corrected chi connectivity index (χ4v) is 2.78. The molecule has 1 aliphatic rings. The lowest BCUT2D eigenvalue weighted by atomic mass is 9.80. The third kappa shape index (κ3) is 5.36. The molecule has 1 aromatic rings. The highest BCUT2D eigenvalue weighted by atomic mass is 16.7. The molecule has 1 fully saturated rings. The molecule has 8 heteroatoms. The average molecular weight is 378 g/mol. The zero-order chi connectivity index (χ0) is 20.6. The molecule has 7 nitrogen and oxygen atoms in total. The van der Waals surface area contributed by atoms with Gasteiger partial charge in [-0.2, -0.15) is 0 Å². The molecule has 0 bridgehead atoms. The first kappa shape index (κ1) is 21.5. The van der Waals surface area contributed by atoms with E-state index < -0.39 is 30.0 Å². The van der Waals surface area contributed by atoms with Crippen LogP contribution in [0.1, 0.15) is 59.6 Å². The van der Waals surface area contributed by atoms with Gasteiger partial charge in [-0.1, -0.05) is 0 Å². The van der Waals surface area contributed by atoms with Crippen LogP contribution in [-0.2, 0) is 34.0 Å². The zero-order valence-corrected chi connectivity index (χ0v) is 17.6. The van der Waals surface area contributed by atoms with E-state index in [9.17, 15) is 9.59 Å². The van der Waals surface area contributed by atoms with Crippen LogP contribution in [0.25, 0.3) is 0 Å². The third-order valence-electron chi connectivity index (χ3n) is 4.92. The molecule has 0 spiro atoms. The normalized spacial score (nSPS) is 18.4. The van der Waals surface area contributed by atoms with E-state index in [0.29, 0.717) is 6.32 Å². The second-order valence-electron chi connectivity index (χ2n) is 9.02. The smallest absolute Gasteiger partial charge is 0.444 e. The first-order chi connectivity index (χ1) is 12.2. The van der Waals surface area contributed by atoms with Crippen LogP contribution in [0, 0.1) is 0 Å². The van der Waals surface area contributed by atoms with Crippen molar-refractivity contribution in [3.8, 4) is 0 Å². The largest absolute Gasteiger partial charge is 0.462 e. The van der Waals surface area contributed by atoms with Crippen molar-refractivity contribution in [2.24, 2.45) is 7.05 Å². The van der Waals surface area contributed by atoms with Gasteiger partial charge in [0.2, 0.25) is 0 Å².